The zero-order valence-electron chi connectivity index (χ0n) is 14.6. The molecule has 0 amide bonds. The van der Waals surface area contributed by atoms with Crippen molar-refractivity contribution in [1.29, 1.82) is 0 Å². The zero-order valence-corrected chi connectivity index (χ0v) is 16.2. The summed E-state index contributed by atoms with van der Waals surface area (Å²) < 4.78 is 1.12. The fourth-order valence-corrected chi connectivity index (χ4v) is 3.75. The first-order chi connectivity index (χ1) is 12.7. The van der Waals surface area contributed by atoms with Crippen molar-refractivity contribution in [2.75, 3.05) is 0 Å². The fourth-order valence-electron chi connectivity index (χ4n) is 3.29. The summed E-state index contributed by atoms with van der Waals surface area (Å²) in [5.74, 6) is 0. The molecular weight excluding hydrogens is 380 g/mol. The van der Waals surface area contributed by atoms with Crippen molar-refractivity contribution in [2.45, 2.75) is 6.92 Å². The van der Waals surface area contributed by atoms with E-state index < -0.39 is 0 Å². The third kappa shape index (κ3) is 3.36. The minimum absolute atomic E-state index is 1.12. The van der Waals surface area contributed by atoms with Gasteiger partial charge in [-0.3, -0.25) is 0 Å². The van der Waals surface area contributed by atoms with Crippen LogP contribution in [-0.4, -0.2) is 0 Å². The molecule has 0 saturated heterocycles. The fraction of sp³-hybridized carbons (Fsp3) is 0.0400. The van der Waals surface area contributed by atoms with Crippen LogP contribution in [0.4, 0.5) is 0 Å². The summed E-state index contributed by atoms with van der Waals surface area (Å²) in [5.41, 5.74) is 8.67. The van der Waals surface area contributed by atoms with Crippen LogP contribution >= 0.6 is 15.9 Å². The molecule has 4 rings (SSSR count). The Bertz CT molecular complexity index is 1030. The van der Waals surface area contributed by atoms with Crippen LogP contribution in [-0.2, 0) is 0 Å². The molecule has 0 aliphatic rings. The van der Waals surface area contributed by atoms with Gasteiger partial charge in [0.25, 0.3) is 0 Å². The molecule has 0 aromatic heterocycles. The molecule has 0 saturated carbocycles. The lowest BCUT2D eigenvalue weighted by Gasteiger charge is -2.15. The van der Waals surface area contributed by atoms with Crippen molar-refractivity contribution in [3.05, 3.63) is 107 Å². The molecule has 4 aromatic carbocycles. The first-order valence-corrected chi connectivity index (χ1v) is 9.53. The van der Waals surface area contributed by atoms with E-state index in [0.29, 0.717) is 0 Å². The molecule has 0 aliphatic carbocycles. The van der Waals surface area contributed by atoms with Gasteiger partial charge in [-0.2, -0.15) is 0 Å². The van der Waals surface area contributed by atoms with Gasteiger partial charge in [-0.25, -0.2) is 0 Å². The van der Waals surface area contributed by atoms with Gasteiger partial charge in [-0.1, -0.05) is 106 Å². The summed E-state index contributed by atoms with van der Waals surface area (Å²) in [6, 6.07) is 34.4. The topological polar surface area (TPSA) is 0 Å². The van der Waals surface area contributed by atoms with Crippen LogP contribution in [0.2, 0.25) is 0 Å². The Balaban J connectivity index is 1.96. The van der Waals surface area contributed by atoms with Gasteiger partial charge in [-0.15, -0.1) is 0 Å². The highest BCUT2D eigenvalue weighted by Crippen LogP contribution is 2.39. The summed E-state index contributed by atoms with van der Waals surface area (Å²) >= 11 is 3.74. The molecule has 126 valence electrons. The number of hydrogen-bond donors (Lipinski definition) is 0. The Kier molecular flexibility index (Phi) is 4.73. The SMILES string of the molecule is Cc1ccc(Br)c(-c2ccc(-c3ccccc3)cc2-c2ccccc2)c1. The number of hydrogen-bond acceptors (Lipinski definition) is 0. The van der Waals surface area contributed by atoms with Crippen LogP contribution in [0.15, 0.2) is 102 Å². The Morgan fingerprint density at radius 2 is 1.15 bits per heavy atom. The zero-order chi connectivity index (χ0) is 17.9. The average molecular weight is 399 g/mol. The van der Waals surface area contributed by atoms with E-state index in [1.165, 1.54) is 38.9 Å². The third-order valence-corrected chi connectivity index (χ3v) is 5.32. The molecule has 0 fully saturated rings. The highest BCUT2D eigenvalue weighted by molar-refractivity contribution is 9.10. The molecule has 4 aromatic rings. The van der Waals surface area contributed by atoms with Gasteiger partial charge in [-0.05, 0) is 52.4 Å². The van der Waals surface area contributed by atoms with Gasteiger partial charge < -0.3 is 0 Å². The van der Waals surface area contributed by atoms with Gasteiger partial charge in [0.05, 0.1) is 0 Å². The van der Waals surface area contributed by atoms with Gasteiger partial charge in [0, 0.05) is 4.47 Å². The molecule has 0 aliphatic heterocycles. The van der Waals surface area contributed by atoms with Gasteiger partial charge >= 0.3 is 0 Å². The monoisotopic (exact) mass is 398 g/mol. The van der Waals surface area contributed by atoms with Crippen molar-refractivity contribution >= 4 is 15.9 Å². The lowest BCUT2D eigenvalue weighted by atomic mass is 9.90. The number of halogens is 1. The molecule has 0 heterocycles. The maximum Gasteiger partial charge on any atom is 0.0254 e. The van der Waals surface area contributed by atoms with E-state index in [-0.39, 0.29) is 0 Å². The van der Waals surface area contributed by atoms with E-state index in [9.17, 15) is 0 Å². The van der Waals surface area contributed by atoms with E-state index in [2.05, 4.69) is 120 Å². The predicted octanol–water partition coefficient (Wildman–Crippen LogP) is 7.76. The number of aryl methyl sites for hydroxylation is 1. The molecule has 0 N–H and O–H groups in total. The third-order valence-electron chi connectivity index (χ3n) is 4.62. The highest BCUT2D eigenvalue weighted by atomic mass is 79.9. The van der Waals surface area contributed by atoms with Crippen LogP contribution in [0.3, 0.4) is 0 Å². The van der Waals surface area contributed by atoms with Crippen molar-refractivity contribution < 1.29 is 0 Å². The lowest BCUT2D eigenvalue weighted by Crippen LogP contribution is -1.89. The molecule has 0 unspecified atom stereocenters. The normalized spacial score (nSPS) is 10.7. The van der Waals surface area contributed by atoms with Crippen molar-refractivity contribution in [3.8, 4) is 33.4 Å². The molecular formula is C25H19Br. The van der Waals surface area contributed by atoms with E-state index in [1.54, 1.807) is 0 Å². The standard InChI is InChI=1S/C25H19Br/c1-18-12-15-25(26)24(16-18)22-14-13-21(19-8-4-2-5-9-19)17-23(22)20-10-6-3-7-11-20/h2-17H,1H3. The summed E-state index contributed by atoms with van der Waals surface area (Å²) in [7, 11) is 0. The summed E-state index contributed by atoms with van der Waals surface area (Å²) in [6.45, 7) is 2.14. The van der Waals surface area contributed by atoms with Gasteiger partial charge in [0.2, 0.25) is 0 Å². The smallest absolute Gasteiger partial charge is 0.0254 e. The van der Waals surface area contributed by atoms with Gasteiger partial charge in [0.15, 0.2) is 0 Å². The van der Waals surface area contributed by atoms with Crippen molar-refractivity contribution in [3.63, 3.8) is 0 Å². The minimum atomic E-state index is 1.12. The van der Waals surface area contributed by atoms with E-state index >= 15 is 0 Å². The number of rotatable bonds is 3. The van der Waals surface area contributed by atoms with Crippen molar-refractivity contribution in [1.82, 2.24) is 0 Å². The maximum absolute atomic E-state index is 3.74. The van der Waals surface area contributed by atoms with Crippen LogP contribution in [0.5, 0.6) is 0 Å². The molecule has 1 heteroatoms. The highest BCUT2D eigenvalue weighted by Gasteiger charge is 2.12. The van der Waals surface area contributed by atoms with Crippen LogP contribution in [0.25, 0.3) is 33.4 Å². The first-order valence-electron chi connectivity index (χ1n) is 8.74. The Morgan fingerprint density at radius 3 is 1.85 bits per heavy atom. The summed E-state index contributed by atoms with van der Waals surface area (Å²) in [6.07, 6.45) is 0. The summed E-state index contributed by atoms with van der Waals surface area (Å²) in [5, 5.41) is 0. The molecule has 26 heavy (non-hydrogen) atoms. The predicted molar refractivity (Wildman–Crippen MR) is 115 cm³/mol. The molecule has 0 spiro atoms. The minimum Gasteiger partial charge on any atom is -0.0622 e. The molecule has 0 nitrogen and oxygen atoms in total. The number of benzene rings is 4. The van der Waals surface area contributed by atoms with Crippen molar-refractivity contribution in [2.24, 2.45) is 0 Å². The second-order valence-electron chi connectivity index (χ2n) is 6.48. The second-order valence-corrected chi connectivity index (χ2v) is 7.33. The van der Waals surface area contributed by atoms with Crippen LogP contribution < -0.4 is 0 Å². The lowest BCUT2D eigenvalue weighted by molar-refractivity contribution is 1.45. The first kappa shape index (κ1) is 16.8. The second kappa shape index (κ2) is 7.31. The quantitative estimate of drug-likeness (QED) is 0.330. The maximum atomic E-state index is 3.74. The van der Waals surface area contributed by atoms with Gasteiger partial charge in [0.1, 0.15) is 0 Å². The molecule has 0 bridgehead atoms. The van der Waals surface area contributed by atoms with E-state index in [0.717, 1.165) is 4.47 Å². The van der Waals surface area contributed by atoms with Crippen LogP contribution in [0.1, 0.15) is 5.56 Å². The van der Waals surface area contributed by atoms with E-state index in [4.69, 9.17) is 0 Å². The summed E-state index contributed by atoms with van der Waals surface area (Å²) in [4.78, 5) is 0. The molecule has 0 radical (unpaired) electrons. The largest absolute Gasteiger partial charge is 0.0622 e. The Labute approximate surface area is 163 Å². The van der Waals surface area contributed by atoms with Crippen LogP contribution in [0, 0.1) is 6.92 Å². The molecule has 0 atom stereocenters. The average Bonchev–Trinajstić information content (AvgIpc) is 2.71. The van der Waals surface area contributed by atoms with E-state index in [1.807, 2.05) is 0 Å². The Hall–Kier alpha value is -2.64. The Morgan fingerprint density at radius 1 is 0.500 bits per heavy atom.